The van der Waals surface area contributed by atoms with E-state index in [9.17, 15) is 17.2 Å². The summed E-state index contributed by atoms with van der Waals surface area (Å²) in [7, 11) is -3.82. The number of aromatic nitrogens is 2. The molecular weight excluding hydrogens is 348 g/mol. The third kappa shape index (κ3) is 4.21. The van der Waals surface area contributed by atoms with Crippen molar-refractivity contribution in [2.45, 2.75) is 18.7 Å². The maximum atomic E-state index is 13.6. The van der Waals surface area contributed by atoms with Crippen LogP contribution in [0.15, 0.2) is 48.8 Å². The first-order valence-electron chi connectivity index (χ1n) is 7.76. The van der Waals surface area contributed by atoms with Crippen molar-refractivity contribution >= 4 is 21.1 Å². The fourth-order valence-corrected chi connectivity index (χ4v) is 3.79. The van der Waals surface area contributed by atoms with Gasteiger partial charge in [-0.1, -0.05) is 18.2 Å². The molecular formula is C17H17F2N3O2S. The average Bonchev–Trinajstić information content (AvgIpc) is 2.99. The summed E-state index contributed by atoms with van der Waals surface area (Å²) in [6, 6.07) is 10.9. The van der Waals surface area contributed by atoms with Crippen LogP contribution in [0, 0.1) is 11.6 Å². The van der Waals surface area contributed by atoms with Gasteiger partial charge in [0.15, 0.2) is 0 Å². The van der Waals surface area contributed by atoms with Gasteiger partial charge in [0, 0.05) is 18.7 Å². The van der Waals surface area contributed by atoms with E-state index in [1.807, 2.05) is 28.8 Å². The molecule has 8 heteroatoms. The van der Waals surface area contributed by atoms with Gasteiger partial charge in [-0.05, 0) is 30.7 Å². The van der Waals surface area contributed by atoms with Crippen LogP contribution in [0.3, 0.4) is 0 Å². The van der Waals surface area contributed by atoms with E-state index in [4.69, 9.17) is 0 Å². The lowest BCUT2D eigenvalue weighted by atomic mass is 10.2. The van der Waals surface area contributed by atoms with Gasteiger partial charge in [-0.25, -0.2) is 26.9 Å². The van der Waals surface area contributed by atoms with Gasteiger partial charge in [0.1, 0.15) is 11.6 Å². The number of hydrogen-bond acceptors (Lipinski definition) is 3. The number of rotatable bonds is 7. The second kappa shape index (κ2) is 7.28. The largest absolute Gasteiger partial charge is 0.331 e. The van der Waals surface area contributed by atoms with Crippen molar-refractivity contribution in [2.75, 3.05) is 6.54 Å². The van der Waals surface area contributed by atoms with Gasteiger partial charge in [-0.15, -0.1) is 0 Å². The number of aryl methyl sites for hydroxylation is 1. The van der Waals surface area contributed by atoms with Crippen LogP contribution in [0.4, 0.5) is 8.78 Å². The first kappa shape index (κ1) is 17.5. The molecule has 0 aliphatic heterocycles. The second-order valence-electron chi connectivity index (χ2n) is 5.63. The monoisotopic (exact) mass is 365 g/mol. The number of hydrogen-bond donors (Lipinski definition) is 1. The van der Waals surface area contributed by atoms with Gasteiger partial charge in [-0.3, -0.25) is 0 Å². The van der Waals surface area contributed by atoms with Gasteiger partial charge in [0.05, 0.1) is 23.1 Å². The minimum absolute atomic E-state index is 0.172. The fraction of sp³-hybridized carbons (Fsp3) is 0.235. The van der Waals surface area contributed by atoms with Crippen LogP contribution in [0.2, 0.25) is 0 Å². The summed E-state index contributed by atoms with van der Waals surface area (Å²) in [5.41, 5.74) is 1.40. The molecule has 0 atom stereocenters. The highest BCUT2D eigenvalue weighted by molar-refractivity contribution is 7.88. The Hall–Kier alpha value is -2.32. The highest BCUT2D eigenvalue weighted by Crippen LogP contribution is 2.15. The maximum Gasteiger partial charge on any atom is 0.215 e. The Labute approximate surface area is 144 Å². The van der Waals surface area contributed by atoms with Crippen LogP contribution in [-0.4, -0.2) is 24.5 Å². The maximum absolute atomic E-state index is 13.6. The van der Waals surface area contributed by atoms with E-state index in [0.29, 0.717) is 13.0 Å². The molecule has 2 aromatic carbocycles. The molecule has 0 aliphatic carbocycles. The molecule has 3 aromatic rings. The summed E-state index contributed by atoms with van der Waals surface area (Å²) in [6.45, 7) is 0.752. The molecule has 25 heavy (non-hydrogen) atoms. The fourth-order valence-electron chi connectivity index (χ4n) is 2.58. The molecule has 132 valence electrons. The molecule has 0 saturated carbocycles. The lowest BCUT2D eigenvalue weighted by Crippen LogP contribution is -2.27. The average molecular weight is 365 g/mol. The zero-order chi connectivity index (χ0) is 17.9. The molecule has 0 amide bonds. The van der Waals surface area contributed by atoms with Gasteiger partial charge in [-0.2, -0.15) is 0 Å². The summed E-state index contributed by atoms with van der Waals surface area (Å²) in [4.78, 5) is 4.26. The van der Waals surface area contributed by atoms with Crippen molar-refractivity contribution < 1.29 is 17.2 Å². The first-order chi connectivity index (χ1) is 12.0. The standard InChI is InChI=1S/C17H17F2N3O2S/c18-14-5-3-6-15(19)13(14)11-25(23,24)21-9-4-10-22-12-20-16-7-1-2-8-17(16)22/h1-3,5-8,12,21H,4,9-11H2. The highest BCUT2D eigenvalue weighted by atomic mass is 32.2. The lowest BCUT2D eigenvalue weighted by molar-refractivity contribution is 0.548. The van der Waals surface area contributed by atoms with E-state index in [0.717, 1.165) is 23.2 Å². The molecule has 0 unspecified atom stereocenters. The summed E-state index contributed by atoms with van der Waals surface area (Å²) < 4.78 is 55.5. The normalized spacial score (nSPS) is 11.9. The van der Waals surface area contributed by atoms with Crippen molar-refractivity contribution in [2.24, 2.45) is 0 Å². The zero-order valence-corrected chi connectivity index (χ0v) is 14.1. The Morgan fingerprint density at radius 3 is 2.52 bits per heavy atom. The van der Waals surface area contributed by atoms with Gasteiger partial charge >= 0.3 is 0 Å². The zero-order valence-electron chi connectivity index (χ0n) is 13.3. The number of fused-ring (bicyclic) bond motifs is 1. The van der Waals surface area contributed by atoms with E-state index in [1.165, 1.54) is 6.07 Å². The summed E-state index contributed by atoms with van der Waals surface area (Å²) >= 11 is 0. The molecule has 0 aliphatic rings. The molecule has 0 bridgehead atoms. The van der Waals surface area contributed by atoms with Crippen molar-refractivity contribution in [3.63, 3.8) is 0 Å². The second-order valence-corrected chi connectivity index (χ2v) is 7.44. The summed E-state index contributed by atoms with van der Waals surface area (Å²) in [5.74, 6) is -2.45. The number of nitrogens with one attached hydrogen (secondary N) is 1. The molecule has 3 rings (SSSR count). The van der Waals surface area contributed by atoms with E-state index < -0.39 is 33.0 Å². The van der Waals surface area contributed by atoms with Crippen LogP contribution < -0.4 is 4.72 Å². The third-order valence-corrected chi connectivity index (χ3v) is 5.13. The van der Waals surface area contributed by atoms with E-state index >= 15 is 0 Å². The number of nitrogens with zero attached hydrogens (tertiary/aromatic N) is 2. The van der Waals surface area contributed by atoms with E-state index in [-0.39, 0.29) is 6.54 Å². The van der Waals surface area contributed by atoms with Crippen LogP contribution in [0.1, 0.15) is 12.0 Å². The van der Waals surface area contributed by atoms with Crippen molar-refractivity contribution in [3.05, 3.63) is 66.0 Å². The minimum atomic E-state index is -3.82. The predicted octanol–water partition coefficient (Wildman–Crippen LogP) is 2.82. The number of halogens is 2. The van der Waals surface area contributed by atoms with E-state index in [2.05, 4.69) is 9.71 Å². The summed E-state index contributed by atoms with van der Waals surface area (Å²) in [6.07, 6.45) is 2.23. The van der Waals surface area contributed by atoms with Crippen molar-refractivity contribution in [1.29, 1.82) is 0 Å². The first-order valence-corrected chi connectivity index (χ1v) is 9.41. The predicted molar refractivity (Wildman–Crippen MR) is 91.3 cm³/mol. The molecule has 0 fully saturated rings. The molecule has 1 aromatic heterocycles. The lowest BCUT2D eigenvalue weighted by Gasteiger charge is -2.09. The van der Waals surface area contributed by atoms with Gasteiger partial charge in [0.25, 0.3) is 0 Å². The molecule has 1 heterocycles. The van der Waals surface area contributed by atoms with Crippen LogP contribution in [0.5, 0.6) is 0 Å². The Bertz CT molecular complexity index is 966. The number of sulfonamides is 1. The number of benzene rings is 2. The Kier molecular flexibility index (Phi) is 5.10. The molecule has 0 spiro atoms. The molecule has 5 nitrogen and oxygen atoms in total. The molecule has 1 N–H and O–H groups in total. The van der Waals surface area contributed by atoms with Crippen molar-refractivity contribution in [1.82, 2.24) is 14.3 Å². The van der Waals surface area contributed by atoms with Crippen LogP contribution in [-0.2, 0) is 22.3 Å². The Balaban J connectivity index is 1.56. The Morgan fingerprint density at radius 1 is 1.04 bits per heavy atom. The summed E-state index contributed by atoms with van der Waals surface area (Å²) in [5, 5.41) is 0. The highest BCUT2D eigenvalue weighted by Gasteiger charge is 2.17. The van der Waals surface area contributed by atoms with Gasteiger partial charge < -0.3 is 4.57 Å². The topological polar surface area (TPSA) is 64.0 Å². The van der Waals surface area contributed by atoms with Crippen LogP contribution >= 0.6 is 0 Å². The number of imidazole rings is 1. The van der Waals surface area contributed by atoms with Gasteiger partial charge in [0.2, 0.25) is 10.0 Å². The molecule has 0 saturated heterocycles. The van der Waals surface area contributed by atoms with E-state index in [1.54, 1.807) is 6.33 Å². The van der Waals surface area contributed by atoms with Crippen LogP contribution in [0.25, 0.3) is 11.0 Å². The quantitative estimate of drug-likeness (QED) is 0.655. The smallest absolute Gasteiger partial charge is 0.215 e. The molecule has 0 radical (unpaired) electrons. The SMILES string of the molecule is O=S(=O)(Cc1c(F)cccc1F)NCCCn1cnc2ccccc21. The van der Waals surface area contributed by atoms with Crippen molar-refractivity contribution in [3.8, 4) is 0 Å². The Morgan fingerprint density at radius 2 is 1.76 bits per heavy atom. The number of para-hydroxylation sites is 2. The third-order valence-electron chi connectivity index (χ3n) is 3.82. The minimum Gasteiger partial charge on any atom is -0.331 e.